The van der Waals surface area contributed by atoms with Gasteiger partial charge in [-0.05, 0) is 41.7 Å². The zero-order valence-electron chi connectivity index (χ0n) is 14.7. The number of hydrogen-bond donors (Lipinski definition) is 1. The van der Waals surface area contributed by atoms with Crippen molar-refractivity contribution in [1.82, 2.24) is 4.72 Å². The highest BCUT2D eigenvalue weighted by Crippen LogP contribution is 2.25. The van der Waals surface area contributed by atoms with E-state index in [2.05, 4.69) is 31.6 Å². The molecule has 0 aliphatic rings. The van der Waals surface area contributed by atoms with Crippen LogP contribution in [0.15, 0.2) is 53.4 Å². The molecule has 4 nitrogen and oxygen atoms in total. The summed E-state index contributed by atoms with van der Waals surface area (Å²) in [5.74, 6) is 0.748. The van der Waals surface area contributed by atoms with Crippen molar-refractivity contribution in [3.05, 3.63) is 59.7 Å². The zero-order chi connectivity index (χ0) is 17.8. The monoisotopic (exact) mass is 347 g/mol. The quantitative estimate of drug-likeness (QED) is 0.812. The second kappa shape index (κ2) is 7.36. The minimum absolute atomic E-state index is 0.0474. The number of rotatable bonds is 6. The molecule has 0 heterocycles. The molecule has 0 radical (unpaired) electrons. The lowest BCUT2D eigenvalue weighted by Gasteiger charge is -2.19. The topological polar surface area (TPSA) is 55.4 Å². The fraction of sp³-hybridized carbons (Fsp3) is 0.368. The van der Waals surface area contributed by atoms with Gasteiger partial charge in [0, 0.05) is 6.54 Å². The first-order valence-electron chi connectivity index (χ1n) is 7.99. The molecule has 0 fully saturated rings. The van der Waals surface area contributed by atoms with Crippen LogP contribution in [0.5, 0.6) is 5.75 Å². The van der Waals surface area contributed by atoms with Crippen molar-refractivity contribution >= 4 is 10.0 Å². The zero-order valence-corrected chi connectivity index (χ0v) is 15.5. The van der Waals surface area contributed by atoms with E-state index in [-0.39, 0.29) is 18.6 Å². The SMILES string of the molecule is Cc1ccccc1S(=O)(=O)NCCOc1cccc(C(C)(C)C)c1. The van der Waals surface area contributed by atoms with Gasteiger partial charge in [-0.15, -0.1) is 0 Å². The first kappa shape index (κ1) is 18.5. The number of aryl methyl sites for hydroxylation is 1. The summed E-state index contributed by atoms with van der Waals surface area (Å²) in [4.78, 5) is 0.305. The first-order chi connectivity index (χ1) is 11.2. The van der Waals surface area contributed by atoms with Gasteiger partial charge in [0.2, 0.25) is 10.0 Å². The molecule has 0 amide bonds. The standard InChI is InChI=1S/C19H25NO3S/c1-15-8-5-6-11-18(15)24(21,22)20-12-13-23-17-10-7-9-16(14-17)19(2,3)4/h5-11,14,20H,12-13H2,1-4H3. The lowest BCUT2D eigenvalue weighted by molar-refractivity contribution is 0.322. The third-order valence-corrected chi connectivity index (χ3v) is 5.37. The van der Waals surface area contributed by atoms with Gasteiger partial charge in [-0.1, -0.05) is 51.1 Å². The summed E-state index contributed by atoms with van der Waals surface area (Å²) in [6.07, 6.45) is 0. The summed E-state index contributed by atoms with van der Waals surface area (Å²) in [6.45, 7) is 8.70. The molecule has 0 atom stereocenters. The van der Waals surface area contributed by atoms with Crippen LogP contribution in [0.2, 0.25) is 0 Å². The molecule has 2 aromatic carbocycles. The third kappa shape index (κ3) is 4.82. The number of hydrogen-bond acceptors (Lipinski definition) is 3. The predicted octanol–water partition coefficient (Wildman–Crippen LogP) is 3.65. The highest BCUT2D eigenvalue weighted by Gasteiger charge is 2.16. The molecule has 0 bridgehead atoms. The second-order valence-electron chi connectivity index (χ2n) is 6.79. The van der Waals surface area contributed by atoms with Crippen LogP contribution in [0.25, 0.3) is 0 Å². The summed E-state index contributed by atoms with van der Waals surface area (Å²) in [5.41, 5.74) is 1.95. The molecule has 0 spiro atoms. The van der Waals surface area contributed by atoms with Crippen molar-refractivity contribution < 1.29 is 13.2 Å². The van der Waals surface area contributed by atoms with Crippen LogP contribution in [-0.4, -0.2) is 21.6 Å². The average molecular weight is 347 g/mol. The lowest BCUT2D eigenvalue weighted by atomic mass is 9.87. The normalized spacial score (nSPS) is 12.2. The highest BCUT2D eigenvalue weighted by molar-refractivity contribution is 7.89. The van der Waals surface area contributed by atoms with E-state index in [0.29, 0.717) is 4.90 Å². The average Bonchev–Trinajstić information content (AvgIpc) is 2.51. The molecule has 0 unspecified atom stereocenters. The van der Waals surface area contributed by atoms with Crippen LogP contribution in [0.1, 0.15) is 31.9 Å². The molecule has 130 valence electrons. The maximum atomic E-state index is 12.3. The molecule has 0 aromatic heterocycles. The number of sulfonamides is 1. The Kier molecular flexibility index (Phi) is 5.67. The molecular weight excluding hydrogens is 322 g/mol. The maximum Gasteiger partial charge on any atom is 0.240 e. The Balaban J connectivity index is 1.93. The third-order valence-electron chi connectivity index (χ3n) is 3.75. The van der Waals surface area contributed by atoms with Crippen LogP contribution in [0, 0.1) is 6.92 Å². The van der Waals surface area contributed by atoms with E-state index in [0.717, 1.165) is 11.3 Å². The summed E-state index contributed by atoms with van der Waals surface area (Å²) < 4.78 is 32.8. The van der Waals surface area contributed by atoms with Crippen LogP contribution < -0.4 is 9.46 Å². The van der Waals surface area contributed by atoms with Crippen LogP contribution in [0.3, 0.4) is 0 Å². The van der Waals surface area contributed by atoms with Gasteiger partial charge in [-0.2, -0.15) is 0 Å². The van der Waals surface area contributed by atoms with Crippen molar-refractivity contribution in [2.75, 3.05) is 13.2 Å². The summed E-state index contributed by atoms with van der Waals surface area (Å²) in [5, 5.41) is 0. The number of ether oxygens (including phenoxy) is 1. The van der Waals surface area contributed by atoms with E-state index in [9.17, 15) is 8.42 Å². The van der Waals surface area contributed by atoms with Crippen molar-refractivity contribution in [3.8, 4) is 5.75 Å². The molecule has 24 heavy (non-hydrogen) atoms. The van der Waals surface area contributed by atoms with Crippen molar-refractivity contribution in [2.45, 2.75) is 38.0 Å². The first-order valence-corrected chi connectivity index (χ1v) is 9.47. The Hall–Kier alpha value is -1.85. The Labute approximate surface area is 144 Å². The van der Waals surface area contributed by atoms with Gasteiger partial charge in [0.1, 0.15) is 12.4 Å². The molecule has 5 heteroatoms. The van der Waals surface area contributed by atoms with Crippen molar-refractivity contribution in [2.24, 2.45) is 0 Å². The van der Waals surface area contributed by atoms with Gasteiger partial charge < -0.3 is 4.74 Å². The summed E-state index contributed by atoms with van der Waals surface area (Å²) >= 11 is 0. The number of nitrogens with one attached hydrogen (secondary N) is 1. The van der Waals surface area contributed by atoms with Gasteiger partial charge in [-0.25, -0.2) is 13.1 Å². The lowest BCUT2D eigenvalue weighted by Crippen LogP contribution is -2.28. The molecule has 0 aliphatic heterocycles. The van der Waals surface area contributed by atoms with E-state index < -0.39 is 10.0 Å². The molecule has 0 saturated heterocycles. The largest absolute Gasteiger partial charge is 0.492 e. The second-order valence-corrected chi connectivity index (χ2v) is 8.52. The smallest absolute Gasteiger partial charge is 0.240 e. The van der Waals surface area contributed by atoms with Crippen molar-refractivity contribution in [3.63, 3.8) is 0 Å². The van der Waals surface area contributed by atoms with E-state index in [1.54, 1.807) is 25.1 Å². The van der Waals surface area contributed by atoms with Gasteiger partial charge in [-0.3, -0.25) is 0 Å². The van der Waals surface area contributed by atoms with Crippen LogP contribution >= 0.6 is 0 Å². The van der Waals surface area contributed by atoms with Gasteiger partial charge >= 0.3 is 0 Å². The molecular formula is C19H25NO3S. The van der Waals surface area contributed by atoms with E-state index in [4.69, 9.17) is 4.74 Å². The van der Waals surface area contributed by atoms with Gasteiger partial charge in [0.05, 0.1) is 4.90 Å². The van der Waals surface area contributed by atoms with E-state index in [1.165, 1.54) is 5.56 Å². The Morgan fingerprint density at radius 3 is 2.42 bits per heavy atom. The molecule has 0 saturated carbocycles. The van der Waals surface area contributed by atoms with E-state index >= 15 is 0 Å². The Morgan fingerprint density at radius 2 is 1.75 bits per heavy atom. The molecule has 0 aliphatic carbocycles. The van der Waals surface area contributed by atoms with Gasteiger partial charge in [0.25, 0.3) is 0 Å². The van der Waals surface area contributed by atoms with Crippen molar-refractivity contribution in [1.29, 1.82) is 0 Å². The Morgan fingerprint density at radius 1 is 1.04 bits per heavy atom. The minimum Gasteiger partial charge on any atom is -0.492 e. The molecule has 2 aromatic rings. The molecule has 2 rings (SSSR count). The fourth-order valence-electron chi connectivity index (χ4n) is 2.33. The highest BCUT2D eigenvalue weighted by atomic mass is 32.2. The van der Waals surface area contributed by atoms with E-state index in [1.807, 2.05) is 24.3 Å². The molecule has 1 N–H and O–H groups in total. The summed E-state index contributed by atoms with van der Waals surface area (Å²) in [7, 11) is -3.51. The van der Waals surface area contributed by atoms with Crippen LogP contribution in [0.4, 0.5) is 0 Å². The maximum absolute atomic E-state index is 12.3. The van der Waals surface area contributed by atoms with Crippen LogP contribution in [-0.2, 0) is 15.4 Å². The Bertz CT molecular complexity index is 792. The predicted molar refractivity (Wildman–Crippen MR) is 97.0 cm³/mol. The van der Waals surface area contributed by atoms with Gasteiger partial charge in [0.15, 0.2) is 0 Å². The summed E-state index contributed by atoms with van der Waals surface area (Å²) in [6, 6.07) is 14.8. The fourth-order valence-corrected chi connectivity index (χ4v) is 3.59. The minimum atomic E-state index is -3.51. The number of benzene rings is 2.